The van der Waals surface area contributed by atoms with Crippen molar-refractivity contribution in [2.75, 3.05) is 6.61 Å². The number of carbonyl (C=O) groups is 2. The van der Waals surface area contributed by atoms with Crippen LogP contribution in [0.15, 0.2) is 46.8 Å². The first-order chi connectivity index (χ1) is 13.0. The van der Waals surface area contributed by atoms with Gasteiger partial charge >= 0.3 is 11.9 Å². The third-order valence-electron chi connectivity index (χ3n) is 4.10. The van der Waals surface area contributed by atoms with Crippen molar-refractivity contribution in [3.8, 4) is 0 Å². The Bertz CT molecular complexity index is 1030. The Kier molecular flexibility index (Phi) is 5.66. The van der Waals surface area contributed by atoms with E-state index in [-0.39, 0.29) is 17.6 Å². The van der Waals surface area contributed by atoms with E-state index in [9.17, 15) is 19.5 Å². The van der Waals surface area contributed by atoms with Crippen LogP contribution in [0.4, 0.5) is 0 Å². The summed E-state index contributed by atoms with van der Waals surface area (Å²) in [6.45, 7) is 2.24. The molecule has 1 N–H and O–H groups in total. The van der Waals surface area contributed by atoms with Crippen LogP contribution in [-0.2, 0) is 9.53 Å². The van der Waals surface area contributed by atoms with E-state index in [0.717, 1.165) is 28.7 Å². The summed E-state index contributed by atoms with van der Waals surface area (Å²) in [6.07, 6.45) is 2.81. The number of nitrogens with zero attached hydrogens (tertiary/aromatic N) is 2. The molecule has 0 radical (unpaired) electrons. The van der Waals surface area contributed by atoms with Crippen molar-refractivity contribution in [3.63, 3.8) is 0 Å². The molecular formula is C19H18N2O5S. The molecule has 0 aliphatic rings. The van der Waals surface area contributed by atoms with E-state index >= 15 is 0 Å². The highest BCUT2D eigenvalue weighted by molar-refractivity contribution is 7.17. The Hall–Kier alpha value is -3.00. The summed E-state index contributed by atoms with van der Waals surface area (Å²) in [5.41, 5.74) is -0.0225. The molecule has 3 aromatic rings. The molecule has 27 heavy (non-hydrogen) atoms. The van der Waals surface area contributed by atoms with Crippen molar-refractivity contribution < 1.29 is 19.4 Å². The van der Waals surface area contributed by atoms with E-state index in [0.29, 0.717) is 10.4 Å². The van der Waals surface area contributed by atoms with Crippen molar-refractivity contribution in [1.29, 1.82) is 0 Å². The molecule has 0 saturated carbocycles. The number of ether oxygens (including phenoxy) is 1. The monoisotopic (exact) mass is 386 g/mol. The second-order valence-corrected chi connectivity index (χ2v) is 6.79. The average Bonchev–Trinajstić information content (AvgIpc) is 3.10. The zero-order valence-electron chi connectivity index (χ0n) is 14.6. The number of hydrogen-bond acceptors (Lipinski definition) is 6. The molecule has 0 aliphatic heterocycles. The lowest BCUT2D eigenvalue weighted by Gasteiger charge is -2.15. The quantitative estimate of drug-likeness (QED) is 0.495. The largest absolute Gasteiger partial charge is 0.479 e. The highest BCUT2D eigenvalue weighted by Crippen LogP contribution is 2.24. The number of hydrogen-bond donors (Lipinski definition) is 1. The molecule has 1 atom stereocenters. The van der Waals surface area contributed by atoms with Gasteiger partial charge in [-0.2, -0.15) is 0 Å². The number of esters is 1. The topological polar surface area (TPSA) is 98.5 Å². The van der Waals surface area contributed by atoms with Crippen LogP contribution in [0.2, 0.25) is 0 Å². The minimum atomic E-state index is -1.24. The standard InChI is InChI=1S/C19H18N2O5S/c1-2-3-9-26-19(25)13-10-27-16-14(13)17(22)21(11-20-16)15(18(23)24)12-7-5-4-6-8-12/h4-8,10-11,15H,2-3,9H2,1H3,(H,23,24). The van der Waals surface area contributed by atoms with Crippen molar-refractivity contribution in [2.24, 2.45) is 0 Å². The maximum absolute atomic E-state index is 13.0. The fraction of sp³-hybridized carbons (Fsp3) is 0.263. The first-order valence-electron chi connectivity index (χ1n) is 8.47. The van der Waals surface area contributed by atoms with Crippen molar-refractivity contribution in [2.45, 2.75) is 25.8 Å². The zero-order valence-corrected chi connectivity index (χ0v) is 15.4. The normalized spacial score (nSPS) is 12.0. The van der Waals surface area contributed by atoms with E-state index in [2.05, 4.69) is 4.98 Å². The molecular weight excluding hydrogens is 368 g/mol. The molecule has 7 nitrogen and oxygen atoms in total. The SMILES string of the molecule is CCCCOC(=O)c1csc2ncn(C(C(=O)O)c3ccccc3)c(=O)c12. The number of unbranched alkanes of at least 4 members (excludes halogenated alkanes) is 1. The lowest BCUT2D eigenvalue weighted by molar-refractivity contribution is -0.139. The number of carboxylic acids is 1. The van der Waals surface area contributed by atoms with Gasteiger partial charge in [-0.05, 0) is 12.0 Å². The predicted molar refractivity (Wildman–Crippen MR) is 101 cm³/mol. The maximum Gasteiger partial charge on any atom is 0.339 e. The lowest BCUT2D eigenvalue weighted by Crippen LogP contribution is -2.31. The Morgan fingerprint density at radius 3 is 2.70 bits per heavy atom. The summed E-state index contributed by atoms with van der Waals surface area (Å²) in [5, 5.41) is 11.3. The summed E-state index contributed by atoms with van der Waals surface area (Å²) >= 11 is 1.15. The van der Waals surface area contributed by atoms with Gasteiger partial charge in [-0.15, -0.1) is 11.3 Å². The Morgan fingerprint density at radius 2 is 2.04 bits per heavy atom. The molecule has 0 saturated heterocycles. The number of aromatic nitrogens is 2. The Morgan fingerprint density at radius 1 is 1.30 bits per heavy atom. The van der Waals surface area contributed by atoms with Crippen LogP contribution in [0.5, 0.6) is 0 Å². The first-order valence-corrected chi connectivity index (χ1v) is 9.35. The van der Waals surface area contributed by atoms with Crippen molar-refractivity contribution >= 4 is 33.5 Å². The third-order valence-corrected chi connectivity index (χ3v) is 4.98. The molecule has 1 unspecified atom stereocenters. The van der Waals surface area contributed by atoms with Gasteiger partial charge in [-0.3, -0.25) is 9.36 Å². The van der Waals surface area contributed by atoms with Gasteiger partial charge in [0.15, 0.2) is 6.04 Å². The summed E-state index contributed by atoms with van der Waals surface area (Å²) in [5.74, 6) is -1.79. The number of thiophene rings is 1. The second-order valence-electron chi connectivity index (χ2n) is 5.93. The summed E-state index contributed by atoms with van der Waals surface area (Å²) in [7, 11) is 0. The molecule has 0 fully saturated rings. The summed E-state index contributed by atoms with van der Waals surface area (Å²) in [6, 6.07) is 7.17. The van der Waals surface area contributed by atoms with Crippen LogP contribution in [0, 0.1) is 0 Å². The zero-order chi connectivity index (χ0) is 19.4. The van der Waals surface area contributed by atoms with Gasteiger partial charge in [0.25, 0.3) is 5.56 Å². The van der Waals surface area contributed by atoms with Crippen LogP contribution in [0.1, 0.15) is 41.7 Å². The molecule has 2 heterocycles. The Balaban J connectivity index is 2.09. The second kappa shape index (κ2) is 8.13. The molecule has 3 rings (SSSR count). The van der Waals surface area contributed by atoms with Gasteiger partial charge in [0.2, 0.25) is 0 Å². The van der Waals surface area contributed by atoms with Crippen molar-refractivity contribution in [1.82, 2.24) is 9.55 Å². The fourth-order valence-corrected chi connectivity index (χ4v) is 3.59. The van der Waals surface area contributed by atoms with Gasteiger partial charge in [0, 0.05) is 5.38 Å². The van der Waals surface area contributed by atoms with Crippen LogP contribution >= 0.6 is 11.3 Å². The molecule has 0 bridgehead atoms. The van der Waals surface area contributed by atoms with Crippen LogP contribution < -0.4 is 5.56 Å². The van der Waals surface area contributed by atoms with E-state index < -0.39 is 23.5 Å². The minimum Gasteiger partial charge on any atom is -0.479 e. The predicted octanol–water partition coefficient (Wildman–Crippen LogP) is 3.09. The van der Waals surface area contributed by atoms with Gasteiger partial charge in [0.05, 0.1) is 17.6 Å². The fourth-order valence-electron chi connectivity index (χ4n) is 2.72. The van der Waals surface area contributed by atoms with Crippen LogP contribution in [0.3, 0.4) is 0 Å². The van der Waals surface area contributed by atoms with Crippen molar-refractivity contribution in [3.05, 3.63) is 63.5 Å². The van der Waals surface area contributed by atoms with Gasteiger partial charge in [0.1, 0.15) is 11.2 Å². The highest BCUT2D eigenvalue weighted by atomic mass is 32.1. The summed E-state index contributed by atoms with van der Waals surface area (Å²) < 4.78 is 6.24. The number of carbonyl (C=O) groups excluding carboxylic acids is 1. The third kappa shape index (κ3) is 3.75. The molecule has 0 aliphatic carbocycles. The smallest absolute Gasteiger partial charge is 0.339 e. The molecule has 1 aromatic carbocycles. The number of benzene rings is 1. The highest BCUT2D eigenvalue weighted by Gasteiger charge is 2.26. The number of rotatable bonds is 7. The minimum absolute atomic E-state index is 0.0891. The van der Waals surface area contributed by atoms with Gasteiger partial charge in [-0.25, -0.2) is 14.6 Å². The van der Waals surface area contributed by atoms with E-state index in [1.807, 2.05) is 6.92 Å². The molecule has 0 spiro atoms. The number of aliphatic carboxylic acids is 1. The van der Waals surface area contributed by atoms with Crippen LogP contribution in [0.25, 0.3) is 10.2 Å². The summed E-state index contributed by atoms with van der Waals surface area (Å²) in [4.78, 5) is 41.7. The molecule has 140 valence electrons. The van der Waals surface area contributed by atoms with Gasteiger partial charge in [-0.1, -0.05) is 43.7 Å². The maximum atomic E-state index is 13.0. The number of fused-ring (bicyclic) bond motifs is 1. The first kappa shape index (κ1) is 18.8. The average molecular weight is 386 g/mol. The molecule has 2 aromatic heterocycles. The van der Waals surface area contributed by atoms with Crippen LogP contribution in [-0.4, -0.2) is 33.2 Å². The Labute approximate surface area is 158 Å². The van der Waals surface area contributed by atoms with E-state index in [1.165, 1.54) is 11.7 Å². The van der Waals surface area contributed by atoms with E-state index in [4.69, 9.17) is 4.74 Å². The lowest BCUT2D eigenvalue weighted by atomic mass is 10.1. The number of carboxylic acid groups (broad SMARTS) is 1. The van der Waals surface area contributed by atoms with E-state index in [1.54, 1.807) is 30.3 Å². The molecule has 0 amide bonds. The van der Waals surface area contributed by atoms with Gasteiger partial charge < -0.3 is 9.84 Å². The molecule has 8 heteroatoms.